The minimum absolute atomic E-state index is 0.00992. The summed E-state index contributed by atoms with van der Waals surface area (Å²) in [6, 6.07) is 7.19. The SMILES string of the molecule is CN(C)S(=O)(=O)c1ccc(-c2cnc(N)cc2C(=O)O)cc1. The molecule has 1 aromatic heterocycles. The van der Waals surface area contributed by atoms with Crippen molar-refractivity contribution in [2.45, 2.75) is 4.90 Å². The maximum Gasteiger partial charge on any atom is 0.336 e. The van der Waals surface area contributed by atoms with Crippen LogP contribution in [0, 0.1) is 0 Å². The Labute approximate surface area is 128 Å². The highest BCUT2D eigenvalue weighted by molar-refractivity contribution is 7.89. The number of carbonyl (C=O) groups is 1. The molecule has 2 aromatic rings. The number of aromatic carboxylic acids is 1. The number of rotatable bonds is 4. The van der Waals surface area contributed by atoms with Crippen LogP contribution in [0.15, 0.2) is 41.4 Å². The van der Waals surface area contributed by atoms with Crippen molar-refractivity contribution in [3.8, 4) is 11.1 Å². The van der Waals surface area contributed by atoms with Crippen molar-refractivity contribution >= 4 is 21.8 Å². The number of carboxylic acids is 1. The Hall–Kier alpha value is -2.45. The molecular weight excluding hydrogens is 306 g/mol. The molecule has 1 heterocycles. The van der Waals surface area contributed by atoms with Crippen LogP contribution < -0.4 is 5.73 Å². The van der Waals surface area contributed by atoms with E-state index in [0.717, 1.165) is 4.31 Å². The molecule has 0 aliphatic heterocycles. The summed E-state index contributed by atoms with van der Waals surface area (Å²) in [5.41, 5.74) is 6.42. The fourth-order valence-electron chi connectivity index (χ4n) is 1.90. The van der Waals surface area contributed by atoms with Gasteiger partial charge in [-0.15, -0.1) is 0 Å². The van der Waals surface area contributed by atoms with Gasteiger partial charge >= 0.3 is 5.97 Å². The van der Waals surface area contributed by atoms with Gasteiger partial charge in [0.1, 0.15) is 5.82 Å². The smallest absolute Gasteiger partial charge is 0.336 e. The Balaban J connectivity index is 2.51. The largest absolute Gasteiger partial charge is 0.478 e. The third kappa shape index (κ3) is 2.92. The summed E-state index contributed by atoms with van der Waals surface area (Å²) in [6.45, 7) is 0. The van der Waals surface area contributed by atoms with Crippen LogP contribution in [0.1, 0.15) is 10.4 Å². The summed E-state index contributed by atoms with van der Waals surface area (Å²) in [5, 5.41) is 9.22. The Bertz CT molecular complexity index is 814. The summed E-state index contributed by atoms with van der Waals surface area (Å²) < 4.78 is 25.1. The standard InChI is InChI=1S/C14H15N3O4S/c1-17(2)22(20,21)10-5-3-9(4-6-10)12-8-16-13(15)7-11(12)14(18)19/h3-8H,1-2H3,(H2,15,16)(H,18,19). The number of pyridine rings is 1. The van der Waals surface area contributed by atoms with Crippen LogP contribution in [-0.2, 0) is 10.0 Å². The second-order valence-corrected chi connectivity index (χ2v) is 6.92. The van der Waals surface area contributed by atoms with E-state index in [1.807, 2.05) is 0 Å². The Morgan fingerprint density at radius 3 is 2.32 bits per heavy atom. The van der Waals surface area contributed by atoms with Crippen molar-refractivity contribution in [3.63, 3.8) is 0 Å². The summed E-state index contributed by atoms with van der Waals surface area (Å²) in [5.74, 6) is -1.03. The van der Waals surface area contributed by atoms with Gasteiger partial charge in [-0.05, 0) is 23.8 Å². The van der Waals surface area contributed by atoms with Gasteiger partial charge in [0.05, 0.1) is 10.5 Å². The number of hydrogen-bond donors (Lipinski definition) is 2. The van der Waals surface area contributed by atoms with E-state index in [1.165, 1.54) is 50.6 Å². The molecule has 8 heteroatoms. The van der Waals surface area contributed by atoms with E-state index in [1.54, 1.807) is 0 Å². The average Bonchev–Trinajstić information content (AvgIpc) is 2.47. The number of benzene rings is 1. The molecular formula is C14H15N3O4S. The van der Waals surface area contributed by atoms with Crippen LogP contribution in [0.5, 0.6) is 0 Å². The van der Waals surface area contributed by atoms with Gasteiger partial charge in [0.25, 0.3) is 0 Å². The lowest BCUT2D eigenvalue weighted by Gasteiger charge is -2.12. The molecule has 0 amide bonds. The van der Waals surface area contributed by atoms with E-state index in [-0.39, 0.29) is 16.3 Å². The number of nitrogens with two attached hydrogens (primary N) is 1. The van der Waals surface area contributed by atoms with Gasteiger partial charge in [0.2, 0.25) is 10.0 Å². The van der Waals surface area contributed by atoms with Crippen molar-refractivity contribution < 1.29 is 18.3 Å². The van der Waals surface area contributed by atoms with Crippen LogP contribution >= 0.6 is 0 Å². The van der Waals surface area contributed by atoms with Gasteiger partial charge in [-0.2, -0.15) is 0 Å². The number of aromatic nitrogens is 1. The fraction of sp³-hybridized carbons (Fsp3) is 0.143. The maximum absolute atomic E-state index is 12.0. The van der Waals surface area contributed by atoms with Crippen molar-refractivity contribution in [1.29, 1.82) is 0 Å². The molecule has 22 heavy (non-hydrogen) atoms. The van der Waals surface area contributed by atoms with Gasteiger partial charge in [-0.3, -0.25) is 0 Å². The Morgan fingerprint density at radius 1 is 1.23 bits per heavy atom. The van der Waals surface area contributed by atoms with E-state index < -0.39 is 16.0 Å². The quantitative estimate of drug-likeness (QED) is 0.877. The zero-order valence-corrected chi connectivity index (χ0v) is 12.8. The molecule has 0 fully saturated rings. The van der Waals surface area contributed by atoms with Crippen LogP contribution in [0.25, 0.3) is 11.1 Å². The van der Waals surface area contributed by atoms with Crippen molar-refractivity contribution in [3.05, 3.63) is 42.1 Å². The molecule has 2 rings (SSSR count). The number of hydrogen-bond acceptors (Lipinski definition) is 5. The highest BCUT2D eigenvalue weighted by atomic mass is 32.2. The average molecular weight is 321 g/mol. The van der Waals surface area contributed by atoms with Gasteiger partial charge in [-0.25, -0.2) is 22.5 Å². The fourth-order valence-corrected chi connectivity index (χ4v) is 2.80. The summed E-state index contributed by atoms with van der Waals surface area (Å²) in [7, 11) is -0.647. The summed E-state index contributed by atoms with van der Waals surface area (Å²) in [6.07, 6.45) is 1.36. The third-order valence-electron chi connectivity index (χ3n) is 3.10. The molecule has 0 aliphatic carbocycles. The number of anilines is 1. The molecule has 1 aromatic carbocycles. The molecule has 3 N–H and O–H groups in total. The van der Waals surface area contributed by atoms with E-state index >= 15 is 0 Å². The molecule has 0 spiro atoms. The monoisotopic (exact) mass is 321 g/mol. The normalized spacial score (nSPS) is 11.6. The first kappa shape index (κ1) is 15.9. The lowest BCUT2D eigenvalue weighted by molar-refractivity contribution is 0.0697. The minimum Gasteiger partial charge on any atom is -0.478 e. The van der Waals surface area contributed by atoms with Crippen LogP contribution in [0.3, 0.4) is 0 Å². The van der Waals surface area contributed by atoms with E-state index in [2.05, 4.69) is 4.98 Å². The first-order chi connectivity index (χ1) is 10.2. The highest BCUT2D eigenvalue weighted by Gasteiger charge is 2.18. The van der Waals surface area contributed by atoms with Gasteiger partial charge in [0, 0.05) is 25.9 Å². The number of nitrogens with zero attached hydrogens (tertiary/aromatic N) is 2. The topological polar surface area (TPSA) is 114 Å². The molecule has 0 bridgehead atoms. The predicted octanol–water partition coefficient (Wildman–Crippen LogP) is 1.28. The molecule has 0 saturated heterocycles. The first-order valence-electron chi connectivity index (χ1n) is 6.25. The van der Waals surface area contributed by atoms with E-state index in [4.69, 9.17) is 5.73 Å². The predicted molar refractivity (Wildman–Crippen MR) is 81.9 cm³/mol. The molecule has 0 saturated carbocycles. The summed E-state index contributed by atoms with van der Waals surface area (Å²) >= 11 is 0. The minimum atomic E-state index is -3.53. The van der Waals surface area contributed by atoms with Gasteiger partial charge in [-0.1, -0.05) is 12.1 Å². The number of sulfonamides is 1. The molecule has 0 atom stereocenters. The van der Waals surface area contributed by atoms with E-state index in [9.17, 15) is 18.3 Å². The molecule has 116 valence electrons. The van der Waals surface area contributed by atoms with Crippen molar-refractivity contribution in [2.75, 3.05) is 19.8 Å². The first-order valence-corrected chi connectivity index (χ1v) is 7.69. The van der Waals surface area contributed by atoms with Crippen LogP contribution in [0.2, 0.25) is 0 Å². The van der Waals surface area contributed by atoms with Crippen molar-refractivity contribution in [2.24, 2.45) is 0 Å². The molecule has 0 aliphatic rings. The van der Waals surface area contributed by atoms with E-state index in [0.29, 0.717) is 11.1 Å². The lowest BCUT2D eigenvalue weighted by atomic mass is 10.0. The van der Waals surface area contributed by atoms with Crippen LogP contribution in [-0.4, -0.2) is 42.9 Å². The maximum atomic E-state index is 12.0. The summed E-state index contributed by atoms with van der Waals surface area (Å²) in [4.78, 5) is 15.3. The second kappa shape index (κ2) is 5.74. The highest BCUT2D eigenvalue weighted by Crippen LogP contribution is 2.26. The van der Waals surface area contributed by atoms with Crippen molar-refractivity contribution in [1.82, 2.24) is 9.29 Å². The Morgan fingerprint density at radius 2 is 1.82 bits per heavy atom. The lowest BCUT2D eigenvalue weighted by Crippen LogP contribution is -2.22. The third-order valence-corrected chi connectivity index (χ3v) is 4.93. The van der Waals surface area contributed by atoms with Crippen LogP contribution in [0.4, 0.5) is 5.82 Å². The molecule has 0 radical (unpaired) electrons. The number of nitrogen functional groups attached to an aromatic ring is 1. The van der Waals surface area contributed by atoms with Gasteiger partial charge < -0.3 is 10.8 Å². The van der Waals surface area contributed by atoms with Gasteiger partial charge in [0.15, 0.2) is 0 Å². The second-order valence-electron chi connectivity index (χ2n) is 4.77. The molecule has 0 unspecified atom stereocenters. The zero-order chi connectivity index (χ0) is 16.5. The zero-order valence-electron chi connectivity index (χ0n) is 12.0. The number of carboxylic acid groups (broad SMARTS) is 1. The molecule has 7 nitrogen and oxygen atoms in total. The Kier molecular flexibility index (Phi) is 4.16.